The van der Waals surface area contributed by atoms with Gasteiger partial charge in [-0.15, -0.1) is 0 Å². The number of aryl methyl sites for hydroxylation is 4. The average molecular weight is 496 g/mol. The second-order valence-corrected chi connectivity index (χ2v) is 11.6. The molecule has 0 bridgehead atoms. The van der Waals surface area contributed by atoms with Gasteiger partial charge in [-0.25, -0.2) is 4.98 Å². The van der Waals surface area contributed by atoms with E-state index < -0.39 is 0 Å². The van der Waals surface area contributed by atoms with Crippen molar-refractivity contribution in [1.29, 1.82) is 0 Å². The van der Waals surface area contributed by atoms with Crippen LogP contribution in [0, 0.1) is 33.6 Å². The predicted octanol–water partition coefficient (Wildman–Crippen LogP) is 5.88. The molecule has 2 fully saturated rings. The third-order valence-electron chi connectivity index (χ3n) is 8.39. The average Bonchev–Trinajstić information content (AvgIpc) is 3.63. The minimum atomic E-state index is 0.825. The number of likely N-dealkylation sites (N-methyl/N-ethyl adjacent to an activating group) is 1. The molecule has 1 aliphatic carbocycles. The maximum Gasteiger partial charge on any atom is 0.147 e. The van der Waals surface area contributed by atoms with E-state index in [1.165, 1.54) is 83.4 Å². The predicted molar refractivity (Wildman–Crippen MR) is 156 cm³/mol. The maximum absolute atomic E-state index is 5.21. The fourth-order valence-electron chi connectivity index (χ4n) is 6.31. The lowest BCUT2D eigenvalue weighted by Crippen LogP contribution is -2.47. The van der Waals surface area contributed by atoms with E-state index >= 15 is 0 Å². The molecule has 0 N–H and O–H groups in total. The number of anilines is 1. The van der Waals surface area contributed by atoms with Crippen molar-refractivity contribution < 1.29 is 0 Å². The molecule has 3 heterocycles. The second kappa shape index (κ2) is 9.77. The number of benzene rings is 2. The van der Waals surface area contributed by atoms with Crippen LogP contribution in [0.2, 0.25) is 0 Å². The van der Waals surface area contributed by atoms with Crippen LogP contribution >= 0.6 is 0 Å². The van der Waals surface area contributed by atoms with Crippen molar-refractivity contribution in [3.8, 4) is 5.69 Å². The summed E-state index contributed by atoms with van der Waals surface area (Å²) >= 11 is 0. The first kappa shape index (κ1) is 24.4. The first-order chi connectivity index (χ1) is 17.9. The van der Waals surface area contributed by atoms with Crippen LogP contribution in [-0.2, 0) is 0 Å². The van der Waals surface area contributed by atoms with Gasteiger partial charge in [0.25, 0.3) is 0 Å². The second-order valence-electron chi connectivity index (χ2n) is 11.6. The zero-order valence-electron chi connectivity index (χ0n) is 23.2. The number of aromatic nitrogens is 2. The van der Waals surface area contributed by atoms with Gasteiger partial charge < -0.3 is 9.80 Å². The highest BCUT2D eigenvalue weighted by atomic mass is 15.3. The van der Waals surface area contributed by atoms with E-state index in [1.54, 1.807) is 0 Å². The van der Waals surface area contributed by atoms with Gasteiger partial charge in [-0.05, 0) is 76.8 Å². The van der Waals surface area contributed by atoms with Crippen molar-refractivity contribution in [1.82, 2.24) is 19.4 Å². The third-order valence-corrected chi connectivity index (χ3v) is 8.39. The van der Waals surface area contributed by atoms with Gasteiger partial charge in [-0.1, -0.05) is 35.9 Å². The minimum Gasteiger partial charge on any atom is -0.369 e. The Morgan fingerprint density at radius 1 is 0.919 bits per heavy atom. The fourth-order valence-corrected chi connectivity index (χ4v) is 6.31. The number of rotatable bonds is 7. The standard InChI is InChI=1S/C32H41N5/c1-22-18-23(2)31(24(3)19-22)37-28-9-7-6-8-27(28)30-29(20-25(4)33-32(30)37)36(21-26-10-11-26)17-16-35-14-12-34(5)13-15-35/h6-9,18-20,26H,10-17,21H2,1-5H3. The third kappa shape index (κ3) is 4.75. The molecule has 2 aliphatic rings. The number of fused-ring (bicyclic) bond motifs is 3. The summed E-state index contributed by atoms with van der Waals surface area (Å²) in [6, 6.07) is 15.9. The number of hydrogen-bond donors (Lipinski definition) is 0. The molecule has 5 heteroatoms. The summed E-state index contributed by atoms with van der Waals surface area (Å²) in [6.45, 7) is 16.8. The Kier molecular flexibility index (Phi) is 6.46. The molecule has 1 aliphatic heterocycles. The smallest absolute Gasteiger partial charge is 0.147 e. The zero-order chi connectivity index (χ0) is 25.7. The van der Waals surface area contributed by atoms with E-state index in [-0.39, 0.29) is 0 Å². The Bertz CT molecular complexity index is 1420. The molecule has 0 amide bonds. The van der Waals surface area contributed by atoms with Gasteiger partial charge >= 0.3 is 0 Å². The summed E-state index contributed by atoms with van der Waals surface area (Å²) in [5.74, 6) is 0.825. The normalized spacial score (nSPS) is 17.2. The number of piperazine rings is 1. The molecular formula is C32H41N5. The van der Waals surface area contributed by atoms with Crippen molar-refractivity contribution in [2.24, 2.45) is 5.92 Å². The Morgan fingerprint density at radius 3 is 2.32 bits per heavy atom. The first-order valence-corrected chi connectivity index (χ1v) is 14.0. The van der Waals surface area contributed by atoms with Crippen LogP contribution in [-0.4, -0.2) is 72.2 Å². The molecule has 2 aromatic heterocycles. The number of pyridine rings is 1. The molecule has 2 aromatic carbocycles. The zero-order valence-corrected chi connectivity index (χ0v) is 23.2. The summed E-state index contributed by atoms with van der Waals surface area (Å²) in [5, 5.41) is 2.61. The lowest BCUT2D eigenvalue weighted by Gasteiger charge is -2.35. The molecular weight excluding hydrogens is 454 g/mol. The summed E-state index contributed by atoms with van der Waals surface area (Å²) in [4.78, 5) is 13.0. The Balaban J connectivity index is 1.50. The largest absolute Gasteiger partial charge is 0.369 e. The van der Waals surface area contributed by atoms with Gasteiger partial charge in [-0.3, -0.25) is 9.47 Å². The number of nitrogens with zero attached hydrogens (tertiary/aromatic N) is 5. The Labute approximate surface area is 221 Å². The van der Waals surface area contributed by atoms with E-state index in [4.69, 9.17) is 4.98 Å². The van der Waals surface area contributed by atoms with Crippen molar-refractivity contribution in [3.63, 3.8) is 0 Å². The summed E-state index contributed by atoms with van der Waals surface area (Å²) < 4.78 is 2.43. The maximum atomic E-state index is 5.21. The van der Waals surface area contributed by atoms with Gasteiger partial charge in [0, 0.05) is 56.9 Å². The number of hydrogen-bond acceptors (Lipinski definition) is 4. The minimum absolute atomic E-state index is 0.825. The summed E-state index contributed by atoms with van der Waals surface area (Å²) in [5.41, 5.74) is 9.97. The highest BCUT2D eigenvalue weighted by molar-refractivity contribution is 6.14. The SMILES string of the molecule is Cc1cc(C)c(-n2c3ccccc3c3c(N(CCN4CCN(C)CC4)CC4CC4)cc(C)nc32)c(C)c1. The lowest BCUT2D eigenvalue weighted by molar-refractivity contribution is 0.156. The molecule has 4 aromatic rings. The van der Waals surface area contributed by atoms with Crippen molar-refractivity contribution in [2.45, 2.75) is 40.5 Å². The highest BCUT2D eigenvalue weighted by Gasteiger charge is 2.28. The van der Waals surface area contributed by atoms with Crippen LogP contribution in [0.25, 0.3) is 27.6 Å². The van der Waals surface area contributed by atoms with Crippen LogP contribution in [0.1, 0.15) is 35.2 Å². The summed E-state index contributed by atoms with van der Waals surface area (Å²) in [6.07, 6.45) is 2.73. The van der Waals surface area contributed by atoms with Crippen LogP contribution < -0.4 is 4.90 Å². The fraction of sp³-hybridized carbons (Fsp3) is 0.469. The topological polar surface area (TPSA) is 27.5 Å². The molecule has 0 radical (unpaired) electrons. The van der Waals surface area contributed by atoms with Gasteiger partial charge in [0.2, 0.25) is 0 Å². The van der Waals surface area contributed by atoms with E-state index in [9.17, 15) is 0 Å². The molecule has 6 rings (SSSR count). The molecule has 1 saturated heterocycles. The quantitative estimate of drug-likeness (QED) is 0.320. The molecule has 5 nitrogen and oxygen atoms in total. The first-order valence-electron chi connectivity index (χ1n) is 14.0. The highest BCUT2D eigenvalue weighted by Crippen LogP contribution is 2.40. The van der Waals surface area contributed by atoms with E-state index in [2.05, 4.69) is 96.5 Å². The molecule has 37 heavy (non-hydrogen) atoms. The van der Waals surface area contributed by atoms with Crippen molar-refractivity contribution in [2.75, 3.05) is 57.8 Å². The van der Waals surface area contributed by atoms with Gasteiger partial charge in [0.1, 0.15) is 5.65 Å². The van der Waals surface area contributed by atoms with Crippen LogP contribution in [0.5, 0.6) is 0 Å². The molecule has 0 unspecified atom stereocenters. The van der Waals surface area contributed by atoms with E-state index in [0.717, 1.165) is 36.9 Å². The van der Waals surface area contributed by atoms with Crippen LogP contribution in [0.4, 0.5) is 5.69 Å². The van der Waals surface area contributed by atoms with Crippen molar-refractivity contribution >= 4 is 27.6 Å². The molecule has 0 atom stereocenters. The van der Waals surface area contributed by atoms with Gasteiger partial charge in [0.15, 0.2) is 0 Å². The lowest BCUT2D eigenvalue weighted by atomic mass is 10.0. The monoisotopic (exact) mass is 495 g/mol. The van der Waals surface area contributed by atoms with E-state index in [1.807, 2.05) is 0 Å². The van der Waals surface area contributed by atoms with Crippen LogP contribution in [0.15, 0.2) is 42.5 Å². The van der Waals surface area contributed by atoms with Gasteiger partial charge in [0.05, 0.1) is 22.3 Å². The van der Waals surface area contributed by atoms with Crippen molar-refractivity contribution in [3.05, 3.63) is 64.8 Å². The van der Waals surface area contributed by atoms with Gasteiger partial charge in [-0.2, -0.15) is 0 Å². The summed E-state index contributed by atoms with van der Waals surface area (Å²) in [7, 11) is 2.24. The Hall–Kier alpha value is -2.89. The van der Waals surface area contributed by atoms with Crippen LogP contribution in [0.3, 0.4) is 0 Å². The van der Waals surface area contributed by atoms with E-state index in [0.29, 0.717) is 0 Å². The number of para-hydroxylation sites is 1. The molecule has 0 spiro atoms. The molecule has 194 valence electrons. The molecule has 1 saturated carbocycles. The Morgan fingerprint density at radius 2 is 1.62 bits per heavy atom.